The normalized spacial score (nSPS) is 17.9. The third-order valence-electron chi connectivity index (χ3n) is 1.29. The Labute approximate surface area is 61.3 Å². The van der Waals surface area contributed by atoms with Crippen molar-refractivity contribution in [1.29, 1.82) is 0 Å². The topological polar surface area (TPSA) is 0 Å². The third kappa shape index (κ3) is 1.75. The molecule has 0 nitrogen and oxygen atoms in total. The molecule has 1 aliphatic rings. The third-order valence-corrected chi connectivity index (χ3v) is 1.57. The summed E-state index contributed by atoms with van der Waals surface area (Å²) in [5.74, 6) is 0. The first kappa shape index (κ1) is 6.69. The summed E-state index contributed by atoms with van der Waals surface area (Å²) in [6, 6.07) is 0. The van der Waals surface area contributed by atoms with E-state index in [0.29, 0.717) is 0 Å². The number of rotatable bonds is 1. The van der Waals surface area contributed by atoms with Gasteiger partial charge in [0, 0.05) is 11.3 Å². The van der Waals surface area contributed by atoms with Gasteiger partial charge >= 0.3 is 0 Å². The van der Waals surface area contributed by atoms with E-state index in [2.05, 4.69) is 19.1 Å². The minimum atomic E-state index is 0.844. The highest BCUT2D eigenvalue weighted by atomic mass is 32.1. The van der Waals surface area contributed by atoms with E-state index >= 15 is 0 Å². The van der Waals surface area contributed by atoms with Crippen LogP contribution >= 0.6 is 12.2 Å². The van der Waals surface area contributed by atoms with Crippen molar-refractivity contribution in [2.45, 2.75) is 12.8 Å². The summed E-state index contributed by atoms with van der Waals surface area (Å²) >= 11 is 4.99. The Balaban J connectivity index is 2.70. The highest BCUT2D eigenvalue weighted by Gasteiger charge is 1.97. The van der Waals surface area contributed by atoms with Gasteiger partial charge in [0.2, 0.25) is 0 Å². The van der Waals surface area contributed by atoms with Gasteiger partial charge in [-0.3, -0.25) is 0 Å². The zero-order chi connectivity index (χ0) is 6.69. The minimum Gasteiger partial charge on any atom is -0.0846 e. The molecule has 0 spiro atoms. The van der Waals surface area contributed by atoms with Gasteiger partial charge in [-0.2, -0.15) is 0 Å². The van der Waals surface area contributed by atoms with Gasteiger partial charge in [-0.1, -0.05) is 24.4 Å². The molecule has 0 aromatic rings. The molecule has 0 amide bonds. The first-order valence-corrected chi connectivity index (χ1v) is 3.43. The van der Waals surface area contributed by atoms with Crippen LogP contribution in [-0.4, -0.2) is 4.86 Å². The Morgan fingerprint density at radius 3 is 2.89 bits per heavy atom. The van der Waals surface area contributed by atoms with E-state index in [0.717, 1.165) is 17.7 Å². The zero-order valence-electron chi connectivity index (χ0n) is 5.26. The molecule has 0 fully saturated rings. The van der Waals surface area contributed by atoms with Crippen molar-refractivity contribution >= 4 is 17.1 Å². The van der Waals surface area contributed by atoms with E-state index in [-0.39, 0.29) is 0 Å². The number of thiocarbonyl (C=S) groups is 1. The molecule has 0 N–H and O–H groups in total. The van der Waals surface area contributed by atoms with Gasteiger partial charge in [0.1, 0.15) is 0 Å². The predicted molar refractivity (Wildman–Crippen MR) is 44.4 cm³/mol. The fourth-order valence-electron chi connectivity index (χ4n) is 0.796. The van der Waals surface area contributed by atoms with Crippen LogP contribution in [0.15, 0.2) is 23.8 Å². The molecule has 0 aromatic heterocycles. The molecule has 47 valence electrons. The number of hydrogen-bond donors (Lipinski definition) is 0. The van der Waals surface area contributed by atoms with E-state index in [1.165, 1.54) is 5.57 Å². The lowest BCUT2D eigenvalue weighted by Gasteiger charge is -2.02. The van der Waals surface area contributed by atoms with Crippen LogP contribution in [0.3, 0.4) is 0 Å². The second kappa shape index (κ2) is 2.92. The molecule has 1 radical (unpaired) electrons. The van der Waals surface area contributed by atoms with Gasteiger partial charge in [0.25, 0.3) is 0 Å². The van der Waals surface area contributed by atoms with Crippen LogP contribution < -0.4 is 0 Å². The summed E-state index contributed by atoms with van der Waals surface area (Å²) in [5, 5.41) is 0. The first-order valence-electron chi connectivity index (χ1n) is 3.02. The second-order valence-electron chi connectivity index (χ2n) is 2.04. The van der Waals surface area contributed by atoms with Crippen LogP contribution in [0.1, 0.15) is 12.8 Å². The van der Waals surface area contributed by atoms with Crippen LogP contribution in [0.4, 0.5) is 0 Å². The largest absolute Gasteiger partial charge is 0.0846 e. The molecule has 1 rings (SSSR count). The summed E-state index contributed by atoms with van der Waals surface area (Å²) in [5.41, 5.74) is 1.24. The molecule has 0 aliphatic heterocycles. The van der Waals surface area contributed by atoms with Gasteiger partial charge in [0.05, 0.1) is 0 Å². The zero-order valence-corrected chi connectivity index (χ0v) is 6.08. The molecule has 1 aliphatic carbocycles. The maximum Gasteiger partial charge on any atom is 0.0192 e. The van der Waals surface area contributed by atoms with Gasteiger partial charge < -0.3 is 0 Å². The van der Waals surface area contributed by atoms with Crippen LogP contribution in [-0.2, 0) is 0 Å². The van der Waals surface area contributed by atoms with E-state index in [4.69, 9.17) is 12.2 Å². The fraction of sp³-hybridized carbons (Fsp3) is 0.250. The smallest absolute Gasteiger partial charge is 0.0192 e. The summed E-state index contributed by atoms with van der Waals surface area (Å²) in [6.45, 7) is 3.76. The quantitative estimate of drug-likeness (QED) is 0.500. The highest BCUT2D eigenvalue weighted by molar-refractivity contribution is 7.80. The van der Waals surface area contributed by atoms with Crippen molar-refractivity contribution in [3.8, 4) is 0 Å². The maximum atomic E-state index is 4.99. The van der Waals surface area contributed by atoms with E-state index in [9.17, 15) is 0 Å². The monoisotopic (exact) mass is 137 g/mol. The summed E-state index contributed by atoms with van der Waals surface area (Å²) in [7, 11) is 0. The molecule has 0 aromatic carbocycles. The van der Waals surface area contributed by atoms with Crippen LogP contribution in [0.25, 0.3) is 0 Å². The molecule has 9 heavy (non-hydrogen) atoms. The van der Waals surface area contributed by atoms with Crippen molar-refractivity contribution in [2.24, 2.45) is 0 Å². The van der Waals surface area contributed by atoms with Crippen molar-refractivity contribution in [1.82, 2.24) is 0 Å². The van der Waals surface area contributed by atoms with Crippen LogP contribution in [0.5, 0.6) is 0 Å². The van der Waals surface area contributed by atoms with Crippen molar-refractivity contribution in [2.75, 3.05) is 0 Å². The lowest BCUT2D eigenvalue weighted by molar-refractivity contribution is 1.26. The van der Waals surface area contributed by atoms with Gasteiger partial charge in [-0.05, 0) is 25.0 Å². The summed E-state index contributed by atoms with van der Waals surface area (Å²) in [4.78, 5) is 1.02. The molecule has 0 atom stereocenters. The Hall–Kier alpha value is -0.430. The van der Waals surface area contributed by atoms with E-state index in [1.807, 2.05) is 6.08 Å². The van der Waals surface area contributed by atoms with Gasteiger partial charge in [-0.15, -0.1) is 0 Å². The maximum absolute atomic E-state index is 4.99. The summed E-state index contributed by atoms with van der Waals surface area (Å²) in [6.07, 6.45) is 7.98. The number of allylic oxidation sites excluding steroid dienone is 4. The standard InChI is InChI=1S/C8H9S/c1-2-7-4-3-5-8(9)6-7/h3-4,6H,1-2,5H2. The fourth-order valence-corrected chi connectivity index (χ4v) is 1.04. The number of hydrogen-bond acceptors (Lipinski definition) is 1. The Bertz CT molecular complexity index is 175. The average Bonchev–Trinajstić information content (AvgIpc) is 1.88. The van der Waals surface area contributed by atoms with Crippen molar-refractivity contribution < 1.29 is 0 Å². The molecular formula is C8H9S. The molecule has 0 saturated heterocycles. The first-order chi connectivity index (χ1) is 4.33. The van der Waals surface area contributed by atoms with Crippen molar-refractivity contribution in [3.63, 3.8) is 0 Å². The Morgan fingerprint density at radius 2 is 2.44 bits per heavy atom. The van der Waals surface area contributed by atoms with Gasteiger partial charge in [-0.25, -0.2) is 0 Å². The van der Waals surface area contributed by atoms with Crippen LogP contribution in [0, 0.1) is 6.92 Å². The minimum absolute atomic E-state index is 0.844. The van der Waals surface area contributed by atoms with Crippen LogP contribution in [0.2, 0.25) is 0 Å². The summed E-state index contributed by atoms with van der Waals surface area (Å²) < 4.78 is 0. The average molecular weight is 137 g/mol. The SMILES string of the molecule is [CH2]CC1=CC(=S)CC=C1. The molecule has 0 heterocycles. The lowest BCUT2D eigenvalue weighted by atomic mass is 10.1. The molecule has 1 heteroatoms. The van der Waals surface area contributed by atoms with Crippen molar-refractivity contribution in [3.05, 3.63) is 30.7 Å². The molecule has 0 bridgehead atoms. The molecule has 0 unspecified atom stereocenters. The molecular weight excluding hydrogens is 128 g/mol. The second-order valence-corrected chi connectivity index (χ2v) is 2.57. The molecule has 0 saturated carbocycles. The van der Waals surface area contributed by atoms with E-state index < -0.39 is 0 Å². The Kier molecular flexibility index (Phi) is 2.17. The predicted octanol–water partition coefficient (Wildman–Crippen LogP) is 2.47. The van der Waals surface area contributed by atoms with Gasteiger partial charge in [0.15, 0.2) is 0 Å². The van der Waals surface area contributed by atoms with E-state index in [1.54, 1.807) is 0 Å². The Morgan fingerprint density at radius 1 is 1.67 bits per heavy atom. The lowest BCUT2D eigenvalue weighted by Crippen LogP contribution is -1.93. The highest BCUT2D eigenvalue weighted by Crippen LogP contribution is 2.10.